The topological polar surface area (TPSA) is 44.0 Å². The van der Waals surface area contributed by atoms with Crippen LogP contribution in [0.15, 0.2) is 18.2 Å². The van der Waals surface area contributed by atoms with E-state index in [9.17, 15) is 5.11 Å². The number of rotatable bonds is 4. The second kappa shape index (κ2) is 5.89. The van der Waals surface area contributed by atoms with Gasteiger partial charge in [-0.3, -0.25) is 0 Å². The molecule has 0 aromatic heterocycles. The van der Waals surface area contributed by atoms with Crippen LogP contribution in [0, 0.1) is 24.2 Å². The Morgan fingerprint density at radius 1 is 1.50 bits per heavy atom. The van der Waals surface area contributed by atoms with Crippen LogP contribution in [0.1, 0.15) is 37.0 Å². The first-order valence-electron chi connectivity index (χ1n) is 5.43. The summed E-state index contributed by atoms with van der Waals surface area (Å²) in [5.74, 6) is -0.358. The van der Waals surface area contributed by atoms with E-state index < -0.39 is 6.10 Å². The largest absolute Gasteiger partial charge is 0.387 e. The Morgan fingerprint density at radius 3 is 2.69 bits per heavy atom. The van der Waals surface area contributed by atoms with Gasteiger partial charge < -0.3 is 5.11 Å². The molecule has 0 aliphatic carbocycles. The summed E-state index contributed by atoms with van der Waals surface area (Å²) in [7, 11) is 0. The lowest BCUT2D eigenvalue weighted by Gasteiger charge is -2.16. The molecule has 0 radical (unpaired) electrons. The van der Waals surface area contributed by atoms with Crippen molar-refractivity contribution in [2.45, 2.75) is 32.8 Å². The van der Waals surface area contributed by atoms with Crippen LogP contribution in [-0.4, -0.2) is 5.11 Å². The van der Waals surface area contributed by atoms with E-state index in [2.05, 4.69) is 6.07 Å². The Kier molecular flexibility index (Phi) is 4.79. The molecule has 0 bridgehead atoms. The quantitative estimate of drug-likeness (QED) is 0.869. The summed E-state index contributed by atoms with van der Waals surface area (Å²) in [6.07, 6.45) is 0.834. The van der Waals surface area contributed by atoms with Crippen molar-refractivity contribution in [1.82, 2.24) is 0 Å². The molecule has 2 atom stereocenters. The molecule has 1 aromatic rings. The number of halogens is 1. The maximum absolute atomic E-state index is 10.0. The molecule has 0 saturated carbocycles. The van der Waals surface area contributed by atoms with Gasteiger partial charge in [-0.1, -0.05) is 37.1 Å². The fraction of sp³-hybridized carbons (Fsp3) is 0.462. The van der Waals surface area contributed by atoms with Crippen LogP contribution in [0.2, 0.25) is 5.02 Å². The van der Waals surface area contributed by atoms with Crippen molar-refractivity contribution < 1.29 is 5.11 Å². The predicted octanol–water partition coefficient (Wildman–Crippen LogP) is 3.62. The third-order valence-corrected chi connectivity index (χ3v) is 3.09. The zero-order valence-corrected chi connectivity index (χ0v) is 10.3. The maximum Gasteiger partial charge on any atom is 0.0948 e. The van der Waals surface area contributed by atoms with Crippen LogP contribution >= 0.6 is 11.6 Å². The molecule has 2 nitrogen and oxygen atoms in total. The van der Waals surface area contributed by atoms with E-state index >= 15 is 0 Å². The molecule has 0 heterocycles. The van der Waals surface area contributed by atoms with Crippen molar-refractivity contribution in [2.24, 2.45) is 5.92 Å². The minimum Gasteiger partial charge on any atom is -0.387 e. The summed E-state index contributed by atoms with van der Waals surface area (Å²) in [6.45, 7) is 3.91. The Balaban J connectivity index is 2.91. The summed E-state index contributed by atoms with van der Waals surface area (Å²) in [4.78, 5) is 0. The summed E-state index contributed by atoms with van der Waals surface area (Å²) in [6, 6.07) is 7.57. The molecule has 0 spiro atoms. The van der Waals surface area contributed by atoms with E-state index in [4.69, 9.17) is 16.9 Å². The lowest BCUT2D eigenvalue weighted by molar-refractivity contribution is 0.130. The standard InChI is InChI=1S/C13H16ClNO/c1-3-4-11(8-15)13(16)10-6-5-9(2)12(14)7-10/h5-7,11,13,16H,3-4H2,1-2H3. The average molecular weight is 238 g/mol. The van der Waals surface area contributed by atoms with Gasteiger partial charge in [-0.15, -0.1) is 0 Å². The van der Waals surface area contributed by atoms with E-state index in [0.717, 1.165) is 17.5 Å². The van der Waals surface area contributed by atoms with Gasteiger partial charge in [0, 0.05) is 5.02 Å². The first-order chi connectivity index (χ1) is 7.60. The van der Waals surface area contributed by atoms with Crippen LogP contribution in [-0.2, 0) is 0 Å². The highest BCUT2D eigenvalue weighted by atomic mass is 35.5. The summed E-state index contributed by atoms with van der Waals surface area (Å²) in [5.41, 5.74) is 1.69. The molecular formula is C13H16ClNO. The molecule has 1 rings (SSSR count). The molecule has 16 heavy (non-hydrogen) atoms. The van der Waals surface area contributed by atoms with E-state index in [1.807, 2.05) is 26.0 Å². The monoisotopic (exact) mass is 237 g/mol. The Morgan fingerprint density at radius 2 is 2.19 bits per heavy atom. The van der Waals surface area contributed by atoms with Crippen LogP contribution < -0.4 is 0 Å². The second-order valence-corrected chi connectivity index (χ2v) is 4.38. The van der Waals surface area contributed by atoms with Crippen LogP contribution in [0.4, 0.5) is 0 Å². The molecule has 0 aliphatic rings. The predicted molar refractivity (Wildman–Crippen MR) is 65.2 cm³/mol. The summed E-state index contributed by atoms with van der Waals surface area (Å²) >= 11 is 5.99. The van der Waals surface area contributed by atoms with Crippen molar-refractivity contribution in [3.63, 3.8) is 0 Å². The van der Waals surface area contributed by atoms with E-state index in [1.165, 1.54) is 0 Å². The van der Waals surface area contributed by atoms with Gasteiger partial charge in [-0.2, -0.15) is 5.26 Å². The Hall–Kier alpha value is -1.04. The van der Waals surface area contributed by atoms with Crippen LogP contribution in [0.5, 0.6) is 0 Å². The molecule has 1 N–H and O–H groups in total. The van der Waals surface area contributed by atoms with E-state index in [1.54, 1.807) is 6.07 Å². The van der Waals surface area contributed by atoms with Crippen LogP contribution in [0.25, 0.3) is 0 Å². The maximum atomic E-state index is 10.0. The number of benzene rings is 1. The number of aliphatic hydroxyl groups is 1. The minimum atomic E-state index is -0.747. The molecule has 0 saturated heterocycles. The number of aryl methyl sites for hydroxylation is 1. The third kappa shape index (κ3) is 2.98. The van der Waals surface area contributed by atoms with Crippen molar-refractivity contribution in [1.29, 1.82) is 5.26 Å². The number of hydrogen-bond donors (Lipinski definition) is 1. The van der Waals surface area contributed by atoms with Gasteiger partial charge in [0.05, 0.1) is 18.1 Å². The van der Waals surface area contributed by atoms with Gasteiger partial charge in [0.15, 0.2) is 0 Å². The fourth-order valence-corrected chi connectivity index (χ4v) is 1.82. The van der Waals surface area contributed by atoms with Gasteiger partial charge in [0.2, 0.25) is 0 Å². The lowest BCUT2D eigenvalue weighted by Crippen LogP contribution is -2.10. The van der Waals surface area contributed by atoms with Gasteiger partial charge in [0.25, 0.3) is 0 Å². The molecule has 0 fully saturated rings. The highest BCUT2D eigenvalue weighted by Crippen LogP contribution is 2.28. The van der Waals surface area contributed by atoms with E-state index in [0.29, 0.717) is 11.4 Å². The second-order valence-electron chi connectivity index (χ2n) is 3.98. The Bertz CT molecular complexity index is 397. The first kappa shape index (κ1) is 13.0. The number of hydrogen-bond acceptors (Lipinski definition) is 2. The van der Waals surface area contributed by atoms with Crippen LogP contribution in [0.3, 0.4) is 0 Å². The van der Waals surface area contributed by atoms with Gasteiger partial charge in [-0.05, 0) is 30.5 Å². The summed E-state index contributed by atoms with van der Waals surface area (Å²) in [5, 5.41) is 19.6. The summed E-state index contributed by atoms with van der Waals surface area (Å²) < 4.78 is 0. The smallest absolute Gasteiger partial charge is 0.0948 e. The zero-order chi connectivity index (χ0) is 12.1. The highest BCUT2D eigenvalue weighted by Gasteiger charge is 2.20. The van der Waals surface area contributed by atoms with Gasteiger partial charge in [0.1, 0.15) is 0 Å². The number of nitriles is 1. The fourth-order valence-electron chi connectivity index (χ4n) is 1.63. The molecular weight excluding hydrogens is 222 g/mol. The van der Waals surface area contributed by atoms with E-state index in [-0.39, 0.29) is 5.92 Å². The lowest BCUT2D eigenvalue weighted by atomic mass is 9.93. The molecule has 0 amide bonds. The molecule has 1 aromatic carbocycles. The number of aliphatic hydroxyl groups excluding tert-OH is 1. The van der Waals surface area contributed by atoms with Gasteiger partial charge in [-0.25, -0.2) is 0 Å². The zero-order valence-electron chi connectivity index (χ0n) is 9.57. The van der Waals surface area contributed by atoms with Crippen molar-refractivity contribution in [2.75, 3.05) is 0 Å². The molecule has 2 unspecified atom stereocenters. The number of nitrogens with zero attached hydrogens (tertiary/aromatic N) is 1. The molecule has 3 heteroatoms. The average Bonchev–Trinajstić information content (AvgIpc) is 2.28. The van der Waals surface area contributed by atoms with Crippen molar-refractivity contribution in [3.8, 4) is 6.07 Å². The SMILES string of the molecule is CCCC(C#N)C(O)c1ccc(C)c(Cl)c1. The van der Waals surface area contributed by atoms with Crippen molar-refractivity contribution >= 4 is 11.6 Å². The first-order valence-corrected chi connectivity index (χ1v) is 5.81. The van der Waals surface area contributed by atoms with Crippen molar-refractivity contribution in [3.05, 3.63) is 34.3 Å². The highest BCUT2D eigenvalue weighted by molar-refractivity contribution is 6.31. The minimum absolute atomic E-state index is 0.358. The Labute approximate surface area is 101 Å². The molecule has 0 aliphatic heterocycles. The third-order valence-electron chi connectivity index (χ3n) is 2.68. The normalized spacial score (nSPS) is 14.2. The molecule has 86 valence electrons. The van der Waals surface area contributed by atoms with Gasteiger partial charge >= 0.3 is 0 Å².